The van der Waals surface area contributed by atoms with E-state index in [1.54, 1.807) is 0 Å². The van der Waals surface area contributed by atoms with Gasteiger partial charge in [0.15, 0.2) is 0 Å². The molecule has 1 rings (SSSR count). The van der Waals surface area contributed by atoms with Gasteiger partial charge < -0.3 is 15.2 Å². The zero-order valence-electron chi connectivity index (χ0n) is 10.7. The summed E-state index contributed by atoms with van der Waals surface area (Å²) in [6.45, 7) is 2.23. The van der Waals surface area contributed by atoms with Gasteiger partial charge in [0.2, 0.25) is 5.91 Å². The van der Waals surface area contributed by atoms with Crippen LogP contribution in [0.15, 0.2) is 29.2 Å². The van der Waals surface area contributed by atoms with Crippen LogP contribution in [0.2, 0.25) is 0 Å². The van der Waals surface area contributed by atoms with Crippen LogP contribution in [-0.4, -0.2) is 43.1 Å². The van der Waals surface area contributed by atoms with Crippen molar-refractivity contribution in [3.05, 3.63) is 29.8 Å². The number of hydrogen-bond acceptors (Lipinski definition) is 4. The van der Waals surface area contributed by atoms with Crippen molar-refractivity contribution < 1.29 is 14.6 Å². The normalized spacial score (nSPS) is 12.2. The number of aliphatic hydroxyl groups excluding tert-OH is 1. The van der Waals surface area contributed by atoms with Crippen LogP contribution in [0.1, 0.15) is 5.56 Å². The first-order chi connectivity index (χ1) is 8.65. The number of aryl methyl sites for hydroxylation is 1. The summed E-state index contributed by atoms with van der Waals surface area (Å²) in [5, 5.41) is 11.7. The lowest BCUT2D eigenvalue weighted by atomic mass is 10.2. The molecule has 1 aromatic rings. The number of methoxy groups -OCH3 is 1. The van der Waals surface area contributed by atoms with Crippen LogP contribution < -0.4 is 5.32 Å². The zero-order chi connectivity index (χ0) is 13.4. The summed E-state index contributed by atoms with van der Waals surface area (Å²) in [4.78, 5) is 12.7. The second kappa shape index (κ2) is 8.13. The van der Waals surface area contributed by atoms with Gasteiger partial charge >= 0.3 is 0 Å². The lowest BCUT2D eigenvalue weighted by molar-refractivity contribution is -0.120. The van der Waals surface area contributed by atoms with E-state index in [2.05, 4.69) is 5.32 Å². The minimum Gasteiger partial charge on any atom is -0.394 e. The Morgan fingerprint density at radius 3 is 2.67 bits per heavy atom. The monoisotopic (exact) mass is 269 g/mol. The third-order valence-electron chi connectivity index (χ3n) is 2.34. The molecule has 0 fully saturated rings. The maximum absolute atomic E-state index is 11.6. The predicted octanol–water partition coefficient (Wildman–Crippen LogP) is 1.21. The Kier molecular flexibility index (Phi) is 6.78. The summed E-state index contributed by atoms with van der Waals surface area (Å²) in [6, 6.07) is 7.68. The number of aliphatic hydroxyl groups is 1. The van der Waals surface area contributed by atoms with Crippen LogP contribution >= 0.6 is 11.8 Å². The molecule has 18 heavy (non-hydrogen) atoms. The van der Waals surface area contributed by atoms with Crippen molar-refractivity contribution in [1.82, 2.24) is 5.32 Å². The summed E-state index contributed by atoms with van der Waals surface area (Å²) in [5.74, 6) is 0.236. The van der Waals surface area contributed by atoms with Gasteiger partial charge in [0.1, 0.15) is 0 Å². The molecule has 1 atom stereocenters. The number of nitrogens with one attached hydrogen (secondary N) is 1. The Balaban J connectivity index is 2.34. The van der Waals surface area contributed by atoms with E-state index in [1.165, 1.54) is 24.4 Å². The molecule has 0 saturated heterocycles. The highest BCUT2D eigenvalue weighted by Crippen LogP contribution is 2.17. The minimum absolute atomic E-state index is 0.100. The van der Waals surface area contributed by atoms with Gasteiger partial charge in [-0.2, -0.15) is 0 Å². The first-order valence-electron chi connectivity index (χ1n) is 5.74. The van der Waals surface area contributed by atoms with Gasteiger partial charge in [-0.3, -0.25) is 4.79 Å². The van der Waals surface area contributed by atoms with Gasteiger partial charge in [-0.05, 0) is 19.1 Å². The average molecular weight is 269 g/mol. The number of benzene rings is 1. The number of carbonyl (C=O) groups is 1. The number of carbonyl (C=O) groups excluding carboxylic acids is 1. The van der Waals surface area contributed by atoms with E-state index in [9.17, 15) is 4.79 Å². The highest BCUT2D eigenvalue weighted by Gasteiger charge is 2.10. The summed E-state index contributed by atoms with van der Waals surface area (Å²) < 4.78 is 4.89. The van der Waals surface area contributed by atoms with Gasteiger partial charge in [0, 0.05) is 12.0 Å². The fraction of sp³-hybridized carbons (Fsp3) is 0.462. The van der Waals surface area contributed by atoms with E-state index in [4.69, 9.17) is 9.84 Å². The predicted molar refractivity (Wildman–Crippen MR) is 72.8 cm³/mol. The minimum atomic E-state index is -0.332. The molecule has 1 aromatic carbocycles. The van der Waals surface area contributed by atoms with E-state index < -0.39 is 0 Å². The molecule has 0 aliphatic heterocycles. The number of amides is 1. The molecule has 4 nitrogen and oxygen atoms in total. The standard InChI is InChI=1S/C13H19NO3S/c1-10-3-5-12(6-4-10)18-9-13(16)14-11(7-15)8-17-2/h3-6,11,15H,7-9H2,1-2H3,(H,14,16). The van der Waals surface area contributed by atoms with Crippen LogP contribution in [-0.2, 0) is 9.53 Å². The van der Waals surface area contributed by atoms with Crippen LogP contribution in [0, 0.1) is 6.92 Å². The molecule has 0 aromatic heterocycles. The molecule has 0 spiro atoms. The average Bonchev–Trinajstić information content (AvgIpc) is 2.37. The highest BCUT2D eigenvalue weighted by atomic mass is 32.2. The SMILES string of the molecule is COCC(CO)NC(=O)CSc1ccc(C)cc1. The van der Waals surface area contributed by atoms with Gasteiger partial charge in [0.05, 0.1) is 25.0 Å². The first kappa shape index (κ1) is 15.0. The van der Waals surface area contributed by atoms with Crippen molar-refractivity contribution in [2.45, 2.75) is 17.9 Å². The molecule has 0 heterocycles. The van der Waals surface area contributed by atoms with Crippen molar-refractivity contribution in [2.75, 3.05) is 26.1 Å². The van der Waals surface area contributed by atoms with Gasteiger partial charge in [-0.1, -0.05) is 17.7 Å². The number of ether oxygens (including phenoxy) is 1. The second-order valence-electron chi connectivity index (χ2n) is 4.00. The Labute approximate surface area is 112 Å². The van der Waals surface area contributed by atoms with E-state index in [-0.39, 0.29) is 18.6 Å². The van der Waals surface area contributed by atoms with E-state index >= 15 is 0 Å². The molecule has 1 amide bonds. The molecule has 1 unspecified atom stereocenters. The van der Waals surface area contributed by atoms with Crippen molar-refractivity contribution in [3.63, 3.8) is 0 Å². The number of hydrogen-bond donors (Lipinski definition) is 2. The summed E-state index contributed by atoms with van der Waals surface area (Å²) in [6.07, 6.45) is 0. The molecule has 0 bridgehead atoms. The third-order valence-corrected chi connectivity index (χ3v) is 3.36. The van der Waals surface area contributed by atoms with E-state index in [0.29, 0.717) is 12.4 Å². The molecular weight excluding hydrogens is 250 g/mol. The first-order valence-corrected chi connectivity index (χ1v) is 6.73. The van der Waals surface area contributed by atoms with Crippen LogP contribution in [0.25, 0.3) is 0 Å². The largest absolute Gasteiger partial charge is 0.394 e. The fourth-order valence-electron chi connectivity index (χ4n) is 1.39. The van der Waals surface area contributed by atoms with Crippen LogP contribution in [0.4, 0.5) is 0 Å². The Morgan fingerprint density at radius 2 is 2.11 bits per heavy atom. The molecule has 5 heteroatoms. The van der Waals surface area contributed by atoms with Crippen molar-refractivity contribution in [2.24, 2.45) is 0 Å². The second-order valence-corrected chi connectivity index (χ2v) is 5.05. The molecule has 100 valence electrons. The molecule has 0 saturated carbocycles. The zero-order valence-corrected chi connectivity index (χ0v) is 11.5. The van der Waals surface area contributed by atoms with E-state index in [0.717, 1.165) is 4.90 Å². The third kappa shape index (κ3) is 5.53. The fourth-order valence-corrected chi connectivity index (χ4v) is 2.10. The smallest absolute Gasteiger partial charge is 0.230 e. The molecule has 2 N–H and O–H groups in total. The lowest BCUT2D eigenvalue weighted by Crippen LogP contribution is -2.41. The van der Waals surface area contributed by atoms with Crippen molar-refractivity contribution in [3.8, 4) is 0 Å². The highest BCUT2D eigenvalue weighted by molar-refractivity contribution is 8.00. The summed E-state index contributed by atoms with van der Waals surface area (Å²) >= 11 is 1.47. The topological polar surface area (TPSA) is 58.6 Å². The van der Waals surface area contributed by atoms with Gasteiger partial charge in [-0.15, -0.1) is 11.8 Å². The maximum atomic E-state index is 11.6. The quantitative estimate of drug-likeness (QED) is 0.731. The number of thioether (sulfide) groups is 1. The Hall–Kier alpha value is -1.04. The molecule has 0 radical (unpaired) electrons. The molecule has 0 aliphatic carbocycles. The molecular formula is C13H19NO3S. The summed E-state index contributed by atoms with van der Waals surface area (Å²) in [5.41, 5.74) is 1.20. The Morgan fingerprint density at radius 1 is 1.44 bits per heavy atom. The number of rotatable bonds is 7. The van der Waals surface area contributed by atoms with E-state index in [1.807, 2.05) is 31.2 Å². The van der Waals surface area contributed by atoms with Crippen LogP contribution in [0.5, 0.6) is 0 Å². The van der Waals surface area contributed by atoms with Gasteiger partial charge in [-0.25, -0.2) is 0 Å². The maximum Gasteiger partial charge on any atom is 0.230 e. The molecule has 0 aliphatic rings. The Bertz CT molecular complexity index is 367. The summed E-state index contributed by atoms with van der Waals surface area (Å²) in [7, 11) is 1.54. The van der Waals surface area contributed by atoms with Crippen molar-refractivity contribution >= 4 is 17.7 Å². The van der Waals surface area contributed by atoms with Crippen molar-refractivity contribution in [1.29, 1.82) is 0 Å². The van der Waals surface area contributed by atoms with Crippen LogP contribution in [0.3, 0.4) is 0 Å². The van der Waals surface area contributed by atoms with Gasteiger partial charge in [0.25, 0.3) is 0 Å². The lowest BCUT2D eigenvalue weighted by Gasteiger charge is -2.14.